The van der Waals surface area contributed by atoms with Gasteiger partial charge in [0, 0.05) is 15.8 Å². The Morgan fingerprint density at radius 3 is 2.37 bits per heavy atom. The lowest BCUT2D eigenvalue weighted by atomic mass is 10.1. The smallest absolute Gasteiger partial charge is 0.416 e. The van der Waals surface area contributed by atoms with E-state index in [1.54, 1.807) is 6.07 Å². The molecule has 0 aliphatic heterocycles. The summed E-state index contributed by atoms with van der Waals surface area (Å²) >= 11 is 4.95. The van der Waals surface area contributed by atoms with Gasteiger partial charge in [-0.15, -0.1) is 11.3 Å². The first-order valence-corrected chi connectivity index (χ1v) is 10.2. The number of rotatable bonds is 5. The molecule has 1 N–H and O–H groups in total. The molecule has 3 rings (SSSR count). The minimum absolute atomic E-state index is 0.280. The molecular weight excluding hydrogens is 439 g/mol. The van der Waals surface area contributed by atoms with Crippen LogP contribution in [-0.2, 0) is 24.3 Å². The Hall–Kier alpha value is -1.86. The van der Waals surface area contributed by atoms with Crippen LogP contribution in [0.25, 0.3) is 10.6 Å². The van der Waals surface area contributed by atoms with Crippen LogP contribution in [0, 0.1) is 6.92 Å². The molecule has 1 heterocycles. The van der Waals surface area contributed by atoms with E-state index in [0.717, 1.165) is 51.7 Å². The Balaban J connectivity index is 1.79. The second kappa shape index (κ2) is 8.02. The van der Waals surface area contributed by atoms with Crippen LogP contribution in [0.5, 0.6) is 5.75 Å². The highest BCUT2D eigenvalue weighted by Gasteiger charge is 2.30. The number of benzene rings is 2. The Bertz CT molecular complexity index is 935. The van der Waals surface area contributed by atoms with Gasteiger partial charge in [0.05, 0.1) is 11.3 Å². The van der Waals surface area contributed by atoms with Crippen molar-refractivity contribution in [2.24, 2.45) is 0 Å². The van der Waals surface area contributed by atoms with Crippen molar-refractivity contribution in [2.75, 3.05) is 0 Å². The molecule has 3 aromatic rings. The Morgan fingerprint density at radius 1 is 1.07 bits per heavy atom. The van der Waals surface area contributed by atoms with E-state index in [9.17, 15) is 18.3 Å². The van der Waals surface area contributed by atoms with Crippen molar-refractivity contribution < 1.29 is 18.3 Å². The number of thiazole rings is 1. The van der Waals surface area contributed by atoms with E-state index in [2.05, 4.69) is 20.9 Å². The number of halogens is 4. The minimum Gasteiger partial charge on any atom is -0.508 e. The molecule has 0 aliphatic carbocycles. The summed E-state index contributed by atoms with van der Waals surface area (Å²) in [5.74, 6) is 0.280. The van der Waals surface area contributed by atoms with Crippen molar-refractivity contribution in [3.8, 4) is 16.3 Å². The van der Waals surface area contributed by atoms with E-state index in [1.165, 1.54) is 23.5 Å². The summed E-state index contributed by atoms with van der Waals surface area (Å²) in [4.78, 5) is 5.69. The molecule has 7 heteroatoms. The first kappa shape index (κ1) is 19.9. The van der Waals surface area contributed by atoms with E-state index in [4.69, 9.17) is 0 Å². The van der Waals surface area contributed by atoms with Gasteiger partial charge in [-0.05, 0) is 49.1 Å². The first-order chi connectivity index (χ1) is 12.8. The van der Waals surface area contributed by atoms with Gasteiger partial charge in [-0.2, -0.15) is 13.2 Å². The fourth-order valence-corrected chi connectivity index (χ4v) is 4.47. The van der Waals surface area contributed by atoms with Gasteiger partial charge in [0.2, 0.25) is 0 Å². The summed E-state index contributed by atoms with van der Waals surface area (Å²) in [5, 5.41) is 10.9. The highest BCUT2D eigenvalue weighted by Crippen LogP contribution is 2.34. The van der Waals surface area contributed by atoms with E-state index >= 15 is 0 Å². The normalized spacial score (nSPS) is 11.7. The molecule has 0 atom stereocenters. The van der Waals surface area contributed by atoms with Crippen LogP contribution in [0.2, 0.25) is 0 Å². The molecule has 0 spiro atoms. The lowest BCUT2D eigenvalue weighted by Crippen LogP contribution is -2.03. The summed E-state index contributed by atoms with van der Waals surface area (Å²) in [7, 11) is 0. The van der Waals surface area contributed by atoms with Crippen LogP contribution in [0.4, 0.5) is 13.2 Å². The molecule has 0 amide bonds. The minimum atomic E-state index is -4.34. The van der Waals surface area contributed by atoms with Crippen molar-refractivity contribution in [2.45, 2.75) is 31.3 Å². The number of aromatic nitrogens is 1. The Labute approximate surface area is 167 Å². The number of hydrogen-bond donors (Lipinski definition) is 1. The van der Waals surface area contributed by atoms with Crippen molar-refractivity contribution in [3.63, 3.8) is 0 Å². The number of aromatic hydroxyl groups is 1. The summed E-state index contributed by atoms with van der Waals surface area (Å²) in [6.45, 7) is 1.86. The maximum absolute atomic E-state index is 12.7. The third kappa shape index (κ3) is 4.71. The van der Waals surface area contributed by atoms with E-state index < -0.39 is 11.7 Å². The highest BCUT2D eigenvalue weighted by atomic mass is 79.9. The lowest BCUT2D eigenvalue weighted by Gasteiger charge is -2.06. The van der Waals surface area contributed by atoms with E-state index in [0.29, 0.717) is 10.9 Å². The molecule has 0 aliphatic rings. The van der Waals surface area contributed by atoms with Crippen molar-refractivity contribution in [1.82, 2.24) is 4.98 Å². The largest absolute Gasteiger partial charge is 0.508 e. The van der Waals surface area contributed by atoms with Crippen LogP contribution in [-0.4, -0.2) is 10.1 Å². The number of phenols is 1. The number of hydrogen-bond acceptors (Lipinski definition) is 3. The van der Waals surface area contributed by atoms with Crippen LogP contribution >= 0.6 is 27.3 Å². The molecule has 2 nitrogen and oxygen atoms in total. The summed E-state index contributed by atoms with van der Waals surface area (Å²) in [6, 6.07) is 10.7. The number of nitrogens with zero attached hydrogens (tertiary/aromatic N) is 1. The lowest BCUT2D eigenvalue weighted by molar-refractivity contribution is -0.137. The zero-order chi connectivity index (χ0) is 19.6. The number of alkyl halides is 4. The number of phenolic OH excluding ortho intramolecular Hbond substituents is 1. The van der Waals surface area contributed by atoms with Gasteiger partial charge >= 0.3 is 6.18 Å². The maximum Gasteiger partial charge on any atom is 0.416 e. The molecule has 142 valence electrons. The van der Waals surface area contributed by atoms with Crippen LogP contribution in [0.15, 0.2) is 42.5 Å². The predicted octanol–water partition coefficient (Wildman–Crippen LogP) is 6.52. The van der Waals surface area contributed by atoms with Gasteiger partial charge in [-0.25, -0.2) is 4.98 Å². The summed E-state index contributed by atoms with van der Waals surface area (Å²) < 4.78 is 38.2. The molecule has 27 heavy (non-hydrogen) atoms. The molecule has 0 saturated carbocycles. The van der Waals surface area contributed by atoms with Crippen molar-refractivity contribution in [3.05, 3.63) is 69.7 Å². The SMILES string of the molecule is Cc1cc(CCc2sc(-c3ccc(C(F)(F)F)cc3)nc2CBr)ccc1O. The highest BCUT2D eigenvalue weighted by molar-refractivity contribution is 9.08. The van der Waals surface area contributed by atoms with Crippen molar-refractivity contribution >= 4 is 27.3 Å². The first-order valence-electron chi connectivity index (χ1n) is 8.28. The monoisotopic (exact) mass is 455 g/mol. The molecule has 0 radical (unpaired) electrons. The average molecular weight is 456 g/mol. The van der Waals surface area contributed by atoms with Gasteiger partial charge in [0.1, 0.15) is 10.8 Å². The molecule has 0 unspecified atom stereocenters. The van der Waals surface area contributed by atoms with Crippen LogP contribution < -0.4 is 0 Å². The second-order valence-corrected chi connectivity index (χ2v) is 7.86. The number of aryl methyl sites for hydroxylation is 3. The van der Waals surface area contributed by atoms with Gasteiger partial charge in [-0.1, -0.05) is 40.2 Å². The van der Waals surface area contributed by atoms with Crippen molar-refractivity contribution in [1.29, 1.82) is 0 Å². The second-order valence-electron chi connectivity index (χ2n) is 6.22. The van der Waals surface area contributed by atoms with Crippen LogP contribution in [0.1, 0.15) is 27.3 Å². The topological polar surface area (TPSA) is 33.1 Å². The summed E-state index contributed by atoms with van der Waals surface area (Å²) in [5.41, 5.74) is 2.89. The van der Waals surface area contributed by atoms with E-state index in [1.807, 2.05) is 19.1 Å². The average Bonchev–Trinajstić information content (AvgIpc) is 3.05. The molecule has 0 fully saturated rings. The Kier molecular flexibility index (Phi) is 5.91. The molecular formula is C20H17BrF3NOS. The maximum atomic E-state index is 12.7. The fourth-order valence-electron chi connectivity index (χ4n) is 2.74. The predicted molar refractivity (Wildman–Crippen MR) is 105 cm³/mol. The van der Waals surface area contributed by atoms with Gasteiger partial charge < -0.3 is 5.11 Å². The molecule has 0 saturated heterocycles. The van der Waals surface area contributed by atoms with E-state index in [-0.39, 0.29) is 5.75 Å². The van der Waals surface area contributed by atoms with Crippen LogP contribution in [0.3, 0.4) is 0 Å². The quantitative estimate of drug-likeness (QED) is 0.444. The fraction of sp³-hybridized carbons (Fsp3) is 0.250. The zero-order valence-corrected chi connectivity index (χ0v) is 16.9. The molecule has 1 aromatic heterocycles. The Morgan fingerprint density at radius 2 is 1.78 bits per heavy atom. The third-order valence-corrected chi connectivity index (χ3v) is 6.00. The standard InChI is InChI=1S/C20H17BrF3NOS/c1-12-10-13(2-8-17(12)26)3-9-18-16(11-21)25-19(27-18)14-4-6-15(7-5-14)20(22,23)24/h2,4-8,10,26H,3,9,11H2,1H3. The van der Waals surface area contributed by atoms with Gasteiger partial charge in [0.15, 0.2) is 0 Å². The van der Waals surface area contributed by atoms with Gasteiger partial charge in [0.25, 0.3) is 0 Å². The zero-order valence-electron chi connectivity index (χ0n) is 14.5. The molecule has 2 aromatic carbocycles. The summed E-state index contributed by atoms with van der Waals surface area (Å²) in [6.07, 6.45) is -2.75. The molecule has 0 bridgehead atoms. The third-order valence-electron chi connectivity index (χ3n) is 4.27. The van der Waals surface area contributed by atoms with Gasteiger partial charge in [-0.3, -0.25) is 0 Å².